The Bertz CT molecular complexity index is 581. The van der Waals surface area contributed by atoms with Gasteiger partial charge < -0.3 is 14.2 Å². The number of hydrogen-bond acceptors (Lipinski definition) is 3. The highest BCUT2D eigenvalue weighted by molar-refractivity contribution is 5.70. The van der Waals surface area contributed by atoms with E-state index in [2.05, 4.69) is 15.6 Å². The first kappa shape index (κ1) is 14.2. The molecule has 1 aliphatic heterocycles. The van der Waals surface area contributed by atoms with Gasteiger partial charge in [-0.2, -0.15) is 0 Å². The molecule has 1 aromatic rings. The lowest BCUT2D eigenvalue weighted by molar-refractivity contribution is 0.0199. The van der Waals surface area contributed by atoms with E-state index in [9.17, 15) is 4.79 Å². The molecule has 0 aromatic carbocycles. The van der Waals surface area contributed by atoms with Crippen LogP contribution in [-0.4, -0.2) is 32.7 Å². The Labute approximate surface area is 125 Å². The highest BCUT2D eigenvalue weighted by Crippen LogP contribution is 2.30. The van der Waals surface area contributed by atoms with Crippen molar-refractivity contribution in [2.75, 3.05) is 6.54 Å². The predicted octanol–water partition coefficient (Wildman–Crippen LogP) is 3.20. The quantitative estimate of drug-likeness (QED) is 0.797. The number of rotatable bonds is 1. The van der Waals surface area contributed by atoms with E-state index in [1.807, 2.05) is 27.1 Å². The van der Waals surface area contributed by atoms with Crippen molar-refractivity contribution in [2.45, 2.75) is 58.7 Å². The van der Waals surface area contributed by atoms with Gasteiger partial charge in [0, 0.05) is 13.1 Å². The van der Waals surface area contributed by atoms with Gasteiger partial charge in [-0.05, 0) is 45.6 Å². The molecule has 0 saturated carbocycles. The molecule has 3 rings (SSSR count). The van der Waals surface area contributed by atoms with Gasteiger partial charge >= 0.3 is 6.09 Å². The molecule has 0 unspecified atom stereocenters. The molecule has 2 heterocycles. The van der Waals surface area contributed by atoms with E-state index in [-0.39, 0.29) is 6.09 Å². The second kappa shape index (κ2) is 5.20. The molecule has 21 heavy (non-hydrogen) atoms. The van der Waals surface area contributed by atoms with Crippen LogP contribution in [0.1, 0.15) is 51.4 Å². The molecule has 2 aliphatic rings. The van der Waals surface area contributed by atoms with Gasteiger partial charge in [0.25, 0.3) is 0 Å². The SMILES string of the molecule is CC(C)(C)OC(=O)N1CCn2cnc(C3=CCCC3)c2C1. The molecule has 1 aromatic heterocycles. The van der Waals surface area contributed by atoms with Crippen LogP contribution in [0, 0.1) is 0 Å². The maximum absolute atomic E-state index is 12.2. The van der Waals surface area contributed by atoms with Crippen LogP contribution < -0.4 is 0 Å². The van der Waals surface area contributed by atoms with Crippen LogP contribution in [0.3, 0.4) is 0 Å². The van der Waals surface area contributed by atoms with Crippen LogP contribution in [0.25, 0.3) is 5.57 Å². The van der Waals surface area contributed by atoms with Gasteiger partial charge in [-0.1, -0.05) is 6.08 Å². The molecule has 0 fully saturated rings. The highest BCUT2D eigenvalue weighted by atomic mass is 16.6. The van der Waals surface area contributed by atoms with Crippen molar-refractivity contribution in [1.29, 1.82) is 0 Å². The fourth-order valence-corrected chi connectivity index (χ4v) is 2.89. The average molecular weight is 289 g/mol. The number of carbonyl (C=O) groups is 1. The summed E-state index contributed by atoms with van der Waals surface area (Å²) < 4.78 is 7.64. The lowest BCUT2D eigenvalue weighted by Gasteiger charge is -2.31. The second-order valence-corrected chi connectivity index (χ2v) is 6.76. The van der Waals surface area contributed by atoms with Crippen LogP contribution in [-0.2, 0) is 17.8 Å². The molecule has 114 valence electrons. The van der Waals surface area contributed by atoms with E-state index in [1.165, 1.54) is 12.0 Å². The van der Waals surface area contributed by atoms with Crippen molar-refractivity contribution in [1.82, 2.24) is 14.5 Å². The van der Waals surface area contributed by atoms with Crippen molar-refractivity contribution in [2.24, 2.45) is 0 Å². The largest absolute Gasteiger partial charge is 0.444 e. The van der Waals surface area contributed by atoms with E-state index in [0.29, 0.717) is 13.1 Å². The van der Waals surface area contributed by atoms with Gasteiger partial charge in [0.15, 0.2) is 0 Å². The maximum Gasteiger partial charge on any atom is 0.410 e. The zero-order valence-electron chi connectivity index (χ0n) is 13.1. The minimum atomic E-state index is -0.453. The standard InChI is InChI=1S/C16H23N3O2/c1-16(2,3)21-15(20)18-8-9-19-11-17-14(13(19)10-18)12-6-4-5-7-12/h6,11H,4-5,7-10H2,1-3H3. The Balaban J connectivity index is 1.78. The van der Waals surface area contributed by atoms with Crippen molar-refractivity contribution in [3.8, 4) is 0 Å². The van der Waals surface area contributed by atoms with E-state index in [0.717, 1.165) is 30.8 Å². The second-order valence-electron chi connectivity index (χ2n) is 6.76. The van der Waals surface area contributed by atoms with Crippen molar-refractivity contribution in [3.05, 3.63) is 23.8 Å². The zero-order valence-corrected chi connectivity index (χ0v) is 13.1. The lowest BCUT2D eigenvalue weighted by Crippen LogP contribution is -2.41. The molecule has 0 bridgehead atoms. The van der Waals surface area contributed by atoms with Crippen LogP contribution in [0.4, 0.5) is 4.79 Å². The Hall–Kier alpha value is -1.78. The average Bonchev–Trinajstić information content (AvgIpc) is 3.04. The van der Waals surface area contributed by atoms with Gasteiger partial charge in [0.05, 0.1) is 24.3 Å². The van der Waals surface area contributed by atoms with E-state index in [4.69, 9.17) is 4.74 Å². The number of fused-ring (bicyclic) bond motifs is 1. The Kier molecular flexibility index (Phi) is 3.51. The molecule has 0 N–H and O–H groups in total. The third kappa shape index (κ3) is 2.96. The number of aromatic nitrogens is 2. The topological polar surface area (TPSA) is 47.4 Å². The monoisotopic (exact) mass is 289 g/mol. The van der Waals surface area contributed by atoms with Crippen LogP contribution in [0.15, 0.2) is 12.4 Å². The number of amides is 1. The zero-order chi connectivity index (χ0) is 15.0. The molecular weight excluding hydrogens is 266 g/mol. The van der Waals surface area contributed by atoms with E-state index >= 15 is 0 Å². The Morgan fingerprint density at radius 2 is 2.14 bits per heavy atom. The molecular formula is C16H23N3O2. The normalized spacial score (nSPS) is 18.4. The number of carbonyl (C=O) groups excluding carboxylic acids is 1. The molecule has 0 saturated heterocycles. The third-order valence-corrected chi connectivity index (χ3v) is 3.89. The summed E-state index contributed by atoms with van der Waals surface area (Å²) in [5.74, 6) is 0. The highest BCUT2D eigenvalue weighted by Gasteiger charge is 2.28. The first-order valence-electron chi connectivity index (χ1n) is 7.65. The smallest absolute Gasteiger partial charge is 0.410 e. The summed E-state index contributed by atoms with van der Waals surface area (Å²) in [5, 5.41) is 0. The molecule has 0 radical (unpaired) electrons. The maximum atomic E-state index is 12.2. The summed E-state index contributed by atoms with van der Waals surface area (Å²) in [6.45, 7) is 7.74. The fraction of sp³-hybridized carbons (Fsp3) is 0.625. The third-order valence-electron chi connectivity index (χ3n) is 3.89. The summed E-state index contributed by atoms with van der Waals surface area (Å²) in [6, 6.07) is 0. The molecule has 1 amide bonds. The molecule has 5 nitrogen and oxygen atoms in total. The first-order chi connectivity index (χ1) is 9.94. The van der Waals surface area contributed by atoms with E-state index in [1.54, 1.807) is 4.90 Å². The van der Waals surface area contributed by atoms with Crippen LogP contribution in [0.5, 0.6) is 0 Å². The molecule has 0 spiro atoms. The van der Waals surface area contributed by atoms with Gasteiger partial charge in [-0.15, -0.1) is 0 Å². The number of nitrogens with zero attached hydrogens (tertiary/aromatic N) is 3. The summed E-state index contributed by atoms with van der Waals surface area (Å²) in [7, 11) is 0. The van der Waals surface area contributed by atoms with Crippen molar-refractivity contribution < 1.29 is 9.53 Å². The minimum Gasteiger partial charge on any atom is -0.444 e. The van der Waals surface area contributed by atoms with Gasteiger partial charge in [-0.25, -0.2) is 9.78 Å². The van der Waals surface area contributed by atoms with Gasteiger partial charge in [-0.3, -0.25) is 0 Å². The summed E-state index contributed by atoms with van der Waals surface area (Å²) in [6.07, 6.45) is 7.37. The summed E-state index contributed by atoms with van der Waals surface area (Å²) in [5.41, 5.74) is 3.08. The Morgan fingerprint density at radius 3 is 2.81 bits per heavy atom. The molecule has 1 aliphatic carbocycles. The molecule has 5 heteroatoms. The van der Waals surface area contributed by atoms with Crippen LogP contribution >= 0.6 is 0 Å². The fourth-order valence-electron chi connectivity index (χ4n) is 2.89. The summed E-state index contributed by atoms with van der Waals surface area (Å²) >= 11 is 0. The van der Waals surface area contributed by atoms with Crippen molar-refractivity contribution in [3.63, 3.8) is 0 Å². The minimum absolute atomic E-state index is 0.235. The molecule has 0 atom stereocenters. The van der Waals surface area contributed by atoms with Crippen LogP contribution in [0.2, 0.25) is 0 Å². The van der Waals surface area contributed by atoms with Gasteiger partial charge in [0.2, 0.25) is 0 Å². The predicted molar refractivity (Wildman–Crippen MR) is 80.7 cm³/mol. The number of ether oxygens (including phenoxy) is 1. The Morgan fingerprint density at radius 1 is 1.33 bits per heavy atom. The lowest BCUT2D eigenvalue weighted by atomic mass is 10.1. The number of hydrogen-bond donors (Lipinski definition) is 0. The van der Waals surface area contributed by atoms with Crippen molar-refractivity contribution >= 4 is 11.7 Å². The number of imidazole rings is 1. The number of allylic oxidation sites excluding steroid dienone is 2. The van der Waals surface area contributed by atoms with E-state index < -0.39 is 5.60 Å². The van der Waals surface area contributed by atoms with Gasteiger partial charge in [0.1, 0.15) is 5.60 Å². The first-order valence-corrected chi connectivity index (χ1v) is 7.65. The summed E-state index contributed by atoms with van der Waals surface area (Å²) in [4.78, 5) is 18.6.